The zero-order valence-corrected chi connectivity index (χ0v) is 14.7. The highest BCUT2D eigenvalue weighted by Gasteiger charge is 2.29. The van der Waals surface area contributed by atoms with Crippen molar-refractivity contribution in [1.29, 1.82) is 0 Å². The topological polar surface area (TPSA) is 47.0 Å². The molecule has 0 saturated carbocycles. The summed E-state index contributed by atoms with van der Waals surface area (Å²) in [6, 6.07) is 0. The van der Waals surface area contributed by atoms with Gasteiger partial charge in [-0.25, -0.2) is 9.97 Å². The maximum atomic E-state index is 5.63. The molecule has 0 radical (unpaired) electrons. The van der Waals surface area contributed by atoms with E-state index in [1.807, 2.05) is 0 Å². The molecule has 1 rings (SSSR count). The first kappa shape index (κ1) is 18.1. The molecule has 1 heterocycles. The van der Waals surface area contributed by atoms with Gasteiger partial charge in [0, 0.05) is 18.5 Å². The minimum atomic E-state index is -0.0780. The lowest BCUT2D eigenvalue weighted by atomic mass is 9.88. The highest BCUT2D eigenvalue weighted by Crippen LogP contribution is 2.34. The fourth-order valence-corrected chi connectivity index (χ4v) is 2.66. The van der Waals surface area contributed by atoms with Crippen LogP contribution in [0.4, 0.5) is 0 Å². The van der Waals surface area contributed by atoms with Crippen molar-refractivity contribution in [3.63, 3.8) is 0 Å². The van der Waals surface area contributed by atoms with Crippen molar-refractivity contribution in [2.24, 2.45) is 5.41 Å². The van der Waals surface area contributed by atoms with Crippen LogP contribution in [-0.2, 0) is 11.2 Å². The standard InChI is InChI=1S/C17H31N3O/c1-8-18-11-9-10-14-12(2)19-16(20-13(14)3)15(21-7)17(4,5)6/h15,18H,8-11H2,1-7H3. The highest BCUT2D eigenvalue weighted by molar-refractivity contribution is 5.25. The first-order valence-corrected chi connectivity index (χ1v) is 7.88. The van der Waals surface area contributed by atoms with Crippen LogP contribution >= 0.6 is 0 Å². The summed E-state index contributed by atoms with van der Waals surface area (Å²) in [6.07, 6.45) is 2.06. The van der Waals surface area contributed by atoms with Crippen molar-refractivity contribution in [1.82, 2.24) is 15.3 Å². The lowest BCUT2D eigenvalue weighted by molar-refractivity contribution is 0.00839. The van der Waals surface area contributed by atoms with Crippen molar-refractivity contribution in [3.05, 3.63) is 22.8 Å². The molecule has 0 saturated heterocycles. The van der Waals surface area contributed by atoms with Crippen LogP contribution in [0.15, 0.2) is 0 Å². The predicted molar refractivity (Wildman–Crippen MR) is 87.6 cm³/mol. The van der Waals surface area contributed by atoms with E-state index in [0.717, 1.165) is 43.1 Å². The quantitative estimate of drug-likeness (QED) is 0.783. The van der Waals surface area contributed by atoms with Gasteiger partial charge in [-0.2, -0.15) is 0 Å². The smallest absolute Gasteiger partial charge is 0.158 e. The fourth-order valence-electron chi connectivity index (χ4n) is 2.66. The third kappa shape index (κ3) is 5.04. The first-order valence-electron chi connectivity index (χ1n) is 7.88. The minimum absolute atomic E-state index is 0.0137. The van der Waals surface area contributed by atoms with Crippen LogP contribution in [0.5, 0.6) is 0 Å². The Hall–Kier alpha value is -1.00. The van der Waals surface area contributed by atoms with Gasteiger partial charge in [-0.05, 0) is 50.8 Å². The molecule has 0 spiro atoms. The Balaban J connectivity index is 2.93. The molecule has 1 atom stereocenters. The van der Waals surface area contributed by atoms with Crippen LogP contribution in [0.2, 0.25) is 0 Å². The molecule has 0 amide bonds. The number of methoxy groups -OCH3 is 1. The number of nitrogens with one attached hydrogen (secondary N) is 1. The average molecular weight is 293 g/mol. The van der Waals surface area contributed by atoms with Gasteiger partial charge >= 0.3 is 0 Å². The van der Waals surface area contributed by atoms with E-state index >= 15 is 0 Å². The molecule has 0 aliphatic carbocycles. The van der Waals surface area contributed by atoms with E-state index in [0.29, 0.717) is 0 Å². The lowest BCUT2D eigenvalue weighted by Gasteiger charge is -2.28. The summed E-state index contributed by atoms with van der Waals surface area (Å²) in [5.74, 6) is 0.801. The number of hydrogen-bond donors (Lipinski definition) is 1. The third-order valence-electron chi connectivity index (χ3n) is 3.73. The molecule has 0 fully saturated rings. The molecular weight excluding hydrogens is 262 g/mol. The van der Waals surface area contributed by atoms with E-state index in [1.165, 1.54) is 5.56 Å². The van der Waals surface area contributed by atoms with Crippen LogP contribution in [0, 0.1) is 19.3 Å². The van der Waals surface area contributed by atoms with Gasteiger partial charge in [0.2, 0.25) is 0 Å². The molecule has 1 unspecified atom stereocenters. The van der Waals surface area contributed by atoms with Gasteiger partial charge in [0.05, 0.1) is 0 Å². The van der Waals surface area contributed by atoms with Gasteiger partial charge in [0.1, 0.15) is 6.10 Å². The van der Waals surface area contributed by atoms with Crippen LogP contribution in [0.1, 0.15) is 63.0 Å². The molecule has 120 valence electrons. The van der Waals surface area contributed by atoms with Gasteiger partial charge in [-0.1, -0.05) is 27.7 Å². The summed E-state index contributed by atoms with van der Waals surface area (Å²) in [4.78, 5) is 9.43. The predicted octanol–water partition coefficient (Wildman–Crippen LogP) is 3.37. The summed E-state index contributed by atoms with van der Waals surface area (Å²) in [6.45, 7) is 14.8. The fraction of sp³-hybridized carbons (Fsp3) is 0.765. The molecule has 1 aromatic heterocycles. The average Bonchev–Trinajstić information content (AvgIpc) is 2.36. The Morgan fingerprint density at radius 3 is 2.14 bits per heavy atom. The van der Waals surface area contributed by atoms with Crippen LogP contribution in [0.3, 0.4) is 0 Å². The maximum absolute atomic E-state index is 5.63. The van der Waals surface area contributed by atoms with Gasteiger partial charge in [0.15, 0.2) is 5.82 Å². The molecular formula is C17H31N3O. The molecule has 4 heteroatoms. The molecule has 0 aliphatic heterocycles. The molecule has 4 nitrogen and oxygen atoms in total. The number of aromatic nitrogens is 2. The monoisotopic (exact) mass is 293 g/mol. The summed E-state index contributed by atoms with van der Waals surface area (Å²) >= 11 is 0. The van der Waals surface area contributed by atoms with Gasteiger partial charge in [-0.15, -0.1) is 0 Å². The number of rotatable bonds is 7. The largest absolute Gasteiger partial charge is 0.373 e. The van der Waals surface area contributed by atoms with Gasteiger partial charge in [-0.3, -0.25) is 0 Å². The van der Waals surface area contributed by atoms with E-state index in [4.69, 9.17) is 14.7 Å². The maximum Gasteiger partial charge on any atom is 0.158 e. The Morgan fingerprint density at radius 1 is 1.14 bits per heavy atom. The Bertz CT molecular complexity index is 429. The molecule has 0 bridgehead atoms. The van der Waals surface area contributed by atoms with Crippen LogP contribution in [-0.4, -0.2) is 30.2 Å². The van der Waals surface area contributed by atoms with Crippen molar-refractivity contribution in [3.8, 4) is 0 Å². The minimum Gasteiger partial charge on any atom is -0.373 e. The lowest BCUT2D eigenvalue weighted by Crippen LogP contribution is -2.23. The zero-order valence-electron chi connectivity index (χ0n) is 14.7. The normalized spacial score (nSPS) is 13.5. The van der Waals surface area contributed by atoms with Crippen molar-refractivity contribution in [2.45, 2.75) is 60.5 Å². The zero-order chi connectivity index (χ0) is 16.0. The third-order valence-corrected chi connectivity index (χ3v) is 3.73. The van der Waals surface area contributed by atoms with Crippen molar-refractivity contribution >= 4 is 0 Å². The number of nitrogens with zero attached hydrogens (tertiary/aromatic N) is 2. The second-order valence-corrected chi connectivity index (χ2v) is 6.67. The summed E-state index contributed by atoms with van der Waals surface area (Å²) in [5, 5.41) is 3.36. The SMILES string of the molecule is CCNCCCc1c(C)nc(C(OC)C(C)(C)C)nc1C. The summed E-state index contributed by atoms with van der Waals surface area (Å²) < 4.78 is 5.63. The molecule has 0 aliphatic rings. The van der Waals surface area contributed by atoms with Crippen LogP contribution < -0.4 is 5.32 Å². The summed E-state index contributed by atoms with van der Waals surface area (Å²) in [5.41, 5.74) is 3.43. The van der Waals surface area contributed by atoms with Gasteiger partial charge in [0.25, 0.3) is 0 Å². The number of aryl methyl sites for hydroxylation is 2. The van der Waals surface area contributed by atoms with E-state index in [2.05, 4.69) is 46.9 Å². The molecule has 21 heavy (non-hydrogen) atoms. The van der Waals surface area contributed by atoms with Crippen molar-refractivity contribution in [2.75, 3.05) is 20.2 Å². The van der Waals surface area contributed by atoms with Crippen LogP contribution in [0.25, 0.3) is 0 Å². The Labute approximate surface area is 129 Å². The molecule has 0 aromatic carbocycles. The first-order chi connectivity index (χ1) is 9.81. The molecule has 1 aromatic rings. The Kier molecular flexibility index (Phi) is 6.75. The molecule has 1 N–H and O–H groups in total. The van der Waals surface area contributed by atoms with Crippen molar-refractivity contribution < 1.29 is 4.74 Å². The van der Waals surface area contributed by atoms with E-state index < -0.39 is 0 Å². The van der Waals surface area contributed by atoms with Gasteiger partial charge < -0.3 is 10.1 Å². The van der Waals surface area contributed by atoms with E-state index in [9.17, 15) is 0 Å². The van der Waals surface area contributed by atoms with E-state index in [1.54, 1.807) is 7.11 Å². The highest BCUT2D eigenvalue weighted by atomic mass is 16.5. The Morgan fingerprint density at radius 2 is 1.71 bits per heavy atom. The second kappa shape index (κ2) is 7.85. The summed E-state index contributed by atoms with van der Waals surface area (Å²) in [7, 11) is 1.73. The second-order valence-electron chi connectivity index (χ2n) is 6.67. The number of ether oxygens (including phenoxy) is 1. The van der Waals surface area contributed by atoms with E-state index in [-0.39, 0.29) is 11.5 Å². The number of hydrogen-bond acceptors (Lipinski definition) is 4.